The van der Waals surface area contributed by atoms with Gasteiger partial charge in [0, 0.05) is 23.7 Å². The van der Waals surface area contributed by atoms with Crippen molar-refractivity contribution in [3.05, 3.63) is 40.6 Å². The maximum absolute atomic E-state index is 11.0. The van der Waals surface area contributed by atoms with Crippen molar-refractivity contribution in [3.8, 4) is 5.75 Å². The van der Waals surface area contributed by atoms with Gasteiger partial charge in [-0.3, -0.25) is 10.1 Å². The highest BCUT2D eigenvalue weighted by Gasteiger charge is 2.24. The third-order valence-electron chi connectivity index (χ3n) is 3.63. The normalized spacial score (nSPS) is 22.1. The smallest absolute Gasteiger partial charge is 0.295 e. The molecule has 1 saturated carbocycles. The summed E-state index contributed by atoms with van der Waals surface area (Å²) in [6.07, 6.45) is 4.31. The molecular formula is C14H15N3O3. The van der Waals surface area contributed by atoms with Crippen molar-refractivity contribution < 1.29 is 9.66 Å². The highest BCUT2D eigenvalue weighted by molar-refractivity contribution is 5.91. The van der Waals surface area contributed by atoms with Gasteiger partial charge in [0.25, 0.3) is 5.69 Å². The Morgan fingerprint density at radius 2 is 2.20 bits per heavy atom. The molecule has 1 aliphatic carbocycles. The van der Waals surface area contributed by atoms with Gasteiger partial charge in [-0.05, 0) is 31.4 Å². The molecule has 6 nitrogen and oxygen atoms in total. The Labute approximate surface area is 115 Å². The monoisotopic (exact) mass is 273 g/mol. The minimum absolute atomic E-state index is 0.00364. The van der Waals surface area contributed by atoms with Gasteiger partial charge in [0.05, 0.1) is 4.92 Å². The predicted molar refractivity (Wildman–Crippen MR) is 74.6 cm³/mol. The van der Waals surface area contributed by atoms with Crippen LogP contribution in [0.25, 0.3) is 10.9 Å². The minimum Gasteiger partial charge on any atom is -0.490 e. The summed E-state index contributed by atoms with van der Waals surface area (Å²) in [7, 11) is 0. The summed E-state index contributed by atoms with van der Waals surface area (Å²) in [5.41, 5.74) is 6.23. The largest absolute Gasteiger partial charge is 0.490 e. The number of pyridine rings is 1. The van der Waals surface area contributed by atoms with Crippen molar-refractivity contribution in [2.75, 3.05) is 0 Å². The summed E-state index contributed by atoms with van der Waals surface area (Å²) >= 11 is 0. The number of benzene rings is 1. The Balaban J connectivity index is 1.99. The zero-order chi connectivity index (χ0) is 14.1. The van der Waals surface area contributed by atoms with Gasteiger partial charge in [-0.1, -0.05) is 6.07 Å². The van der Waals surface area contributed by atoms with Crippen LogP contribution < -0.4 is 10.5 Å². The average molecular weight is 273 g/mol. The van der Waals surface area contributed by atoms with Crippen LogP contribution in [0.3, 0.4) is 0 Å². The molecule has 104 valence electrons. The molecule has 1 heterocycles. The van der Waals surface area contributed by atoms with Gasteiger partial charge in [0.15, 0.2) is 5.52 Å². The van der Waals surface area contributed by atoms with Crippen molar-refractivity contribution in [2.45, 2.75) is 31.4 Å². The lowest BCUT2D eigenvalue weighted by atomic mass is 10.1. The molecule has 2 unspecified atom stereocenters. The Morgan fingerprint density at radius 1 is 1.35 bits per heavy atom. The molecule has 0 aliphatic heterocycles. The fourth-order valence-corrected chi connectivity index (χ4v) is 2.65. The standard InChI is InChI=1S/C14H15N3O3/c15-9-4-5-10(8-9)20-13-6-7-16-14-11(13)2-1-3-12(14)17(18)19/h1-3,6-7,9-10H,4-5,8,15H2. The van der Waals surface area contributed by atoms with Crippen LogP contribution in [0.5, 0.6) is 5.75 Å². The van der Waals surface area contributed by atoms with Gasteiger partial charge in [0.1, 0.15) is 11.9 Å². The third-order valence-corrected chi connectivity index (χ3v) is 3.63. The Hall–Kier alpha value is -2.21. The number of rotatable bonds is 3. The van der Waals surface area contributed by atoms with Crippen molar-refractivity contribution in [3.63, 3.8) is 0 Å². The second-order valence-electron chi connectivity index (χ2n) is 5.05. The molecular weight excluding hydrogens is 258 g/mol. The van der Waals surface area contributed by atoms with E-state index in [4.69, 9.17) is 10.5 Å². The second kappa shape index (κ2) is 5.05. The van der Waals surface area contributed by atoms with Crippen LogP contribution in [0, 0.1) is 10.1 Å². The van der Waals surface area contributed by atoms with E-state index in [9.17, 15) is 10.1 Å². The molecule has 2 N–H and O–H groups in total. The Bertz CT molecular complexity index is 659. The van der Waals surface area contributed by atoms with Crippen LogP contribution in [-0.2, 0) is 0 Å². The number of nitrogens with two attached hydrogens (primary N) is 1. The van der Waals surface area contributed by atoms with Crippen molar-refractivity contribution >= 4 is 16.6 Å². The summed E-state index contributed by atoms with van der Waals surface area (Å²) in [6, 6.07) is 6.82. The number of para-hydroxylation sites is 1. The SMILES string of the molecule is NC1CCC(Oc2ccnc3c([N+](=O)[O-])cccc23)C1. The number of hydrogen-bond acceptors (Lipinski definition) is 5. The predicted octanol–water partition coefficient (Wildman–Crippen LogP) is 2.40. The lowest BCUT2D eigenvalue weighted by Crippen LogP contribution is -2.19. The topological polar surface area (TPSA) is 91.3 Å². The average Bonchev–Trinajstić information content (AvgIpc) is 2.84. The van der Waals surface area contributed by atoms with Gasteiger partial charge in [-0.2, -0.15) is 0 Å². The summed E-state index contributed by atoms with van der Waals surface area (Å²) in [6.45, 7) is 0. The first-order chi connectivity index (χ1) is 9.65. The first kappa shape index (κ1) is 12.8. The number of aromatic nitrogens is 1. The van der Waals surface area contributed by atoms with Gasteiger partial charge >= 0.3 is 0 Å². The van der Waals surface area contributed by atoms with E-state index < -0.39 is 4.92 Å². The van der Waals surface area contributed by atoms with Gasteiger partial charge in [-0.25, -0.2) is 4.98 Å². The number of ether oxygens (including phenoxy) is 1. The number of non-ortho nitro benzene ring substituents is 1. The fourth-order valence-electron chi connectivity index (χ4n) is 2.65. The maximum Gasteiger partial charge on any atom is 0.295 e. The van der Waals surface area contributed by atoms with E-state index in [1.807, 2.05) is 0 Å². The number of nitro groups is 1. The van der Waals surface area contributed by atoms with E-state index in [1.165, 1.54) is 6.07 Å². The summed E-state index contributed by atoms with van der Waals surface area (Å²) < 4.78 is 5.95. The maximum atomic E-state index is 11.0. The zero-order valence-electron chi connectivity index (χ0n) is 10.9. The number of nitrogens with zero attached hydrogens (tertiary/aromatic N) is 2. The van der Waals surface area contributed by atoms with Crippen LogP contribution in [0.4, 0.5) is 5.69 Å². The van der Waals surface area contributed by atoms with Gasteiger partial charge < -0.3 is 10.5 Å². The molecule has 6 heteroatoms. The Morgan fingerprint density at radius 3 is 2.90 bits per heavy atom. The molecule has 3 rings (SSSR count). The van der Waals surface area contributed by atoms with E-state index in [2.05, 4.69) is 4.98 Å². The minimum atomic E-state index is -0.426. The van der Waals surface area contributed by atoms with Crippen LogP contribution in [-0.4, -0.2) is 22.1 Å². The lowest BCUT2D eigenvalue weighted by molar-refractivity contribution is -0.383. The molecule has 1 fully saturated rings. The van der Waals surface area contributed by atoms with E-state index in [0.717, 1.165) is 19.3 Å². The molecule has 1 aromatic heterocycles. The number of fused-ring (bicyclic) bond motifs is 1. The van der Waals surface area contributed by atoms with Crippen molar-refractivity contribution in [2.24, 2.45) is 5.73 Å². The van der Waals surface area contributed by atoms with E-state index in [-0.39, 0.29) is 17.8 Å². The molecule has 1 aromatic carbocycles. The molecule has 2 atom stereocenters. The number of hydrogen-bond donors (Lipinski definition) is 1. The highest BCUT2D eigenvalue weighted by atomic mass is 16.6. The van der Waals surface area contributed by atoms with E-state index in [1.54, 1.807) is 24.4 Å². The van der Waals surface area contributed by atoms with Crippen LogP contribution >= 0.6 is 0 Å². The fraction of sp³-hybridized carbons (Fsp3) is 0.357. The molecule has 2 aromatic rings. The summed E-state index contributed by atoms with van der Waals surface area (Å²) in [5, 5.41) is 11.7. The quantitative estimate of drug-likeness (QED) is 0.684. The Kier molecular flexibility index (Phi) is 3.23. The van der Waals surface area contributed by atoms with Crippen molar-refractivity contribution in [1.82, 2.24) is 4.98 Å². The molecule has 1 aliphatic rings. The first-order valence-corrected chi connectivity index (χ1v) is 6.59. The molecule has 0 saturated heterocycles. The summed E-state index contributed by atoms with van der Waals surface area (Å²) in [4.78, 5) is 14.7. The van der Waals surface area contributed by atoms with Crippen LogP contribution in [0.15, 0.2) is 30.5 Å². The molecule has 0 spiro atoms. The molecule has 0 radical (unpaired) electrons. The summed E-state index contributed by atoms with van der Waals surface area (Å²) in [5.74, 6) is 0.637. The lowest BCUT2D eigenvalue weighted by Gasteiger charge is -2.14. The second-order valence-corrected chi connectivity index (χ2v) is 5.05. The van der Waals surface area contributed by atoms with E-state index in [0.29, 0.717) is 16.7 Å². The van der Waals surface area contributed by atoms with E-state index >= 15 is 0 Å². The third kappa shape index (κ3) is 2.30. The van der Waals surface area contributed by atoms with Crippen LogP contribution in [0.1, 0.15) is 19.3 Å². The van der Waals surface area contributed by atoms with Gasteiger partial charge in [0.2, 0.25) is 0 Å². The molecule has 20 heavy (non-hydrogen) atoms. The van der Waals surface area contributed by atoms with Crippen LogP contribution in [0.2, 0.25) is 0 Å². The zero-order valence-corrected chi connectivity index (χ0v) is 10.9. The molecule has 0 bridgehead atoms. The molecule has 0 amide bonds. The highest BCUT2D eigenvalue weighted by Crippen LogP contribution is 2.32. The number of nitro benzene ring substituents is 1. The first-order valence-electron chi connectivity index (χ1n) is 6.59. The van der Waals surface area contributed by atoms with Gasteiger partial charge in [-0.15, -0.1) is 0 Å². The van der Waals surface area contributed by atoms with Crippen molar-refractivity contribution in [1.29, 1.82) is 0 Å².